The van der Waals surface area contributed by atoms with Crippen LogP contribution in [0.5, 0.6) is 0 Å². The molecular weight excluding hydrogens is 385 g/mol. The van der Waals surface area contributed by atoms with Gasteiger partial charge in [-0.15, -0.1) is 0 Å². The van der Waals surface area contributed by atoms with Crippen molar-refractivity contribution in [3.8, 4) is 0 Å². The molecule has 2 rings (SSSR count). The fourth-order valence-corrected chi connectivity index (χ4v) is 2.67. The molecule has 1 unspecified atom stereocenters. The van der Waals surface area contributed by atoms with Crippen LogP contribution in [-0.2, 0) is 14.3 Å². The van der Waals surface area contributed by atoms with Gasteiger partial charge in [-0.2, -0.15) is 0 Å². The molecule has 1 atom stereocenters. The van der Waals surface area contributed by atoms with Crippen LogP contribution in [0.15, 0.2) is 23.4 Å². The largest absolute Gasteiger partial charge is 0.463 e. The van der Waals surface area contributed by atoms with Crippen molar-refractivity contribution in [1.29, 1.82) is 0 Å². The average molecular weight is 402 g/mol. The van der Waals surface area contributed by atoms with E-state index < -0.39 is 24.0 Å². The third-order valence-electron chi connectivity index (χ3n) is 3.50. The summed E-state index contributed by atoms with van der Waals surface area (Å²) in [6.45, 7) is 3.28. The number of aromatic nitrogens is 1. The van der Waals surface area contributed by atoms with Crippen LogP contribution in [0, 0.1) is 0 Å². The van der Waals surface area contributed by atoms with E-state index in [2.05, 4.69) is 15.6 Å². The number of halogens is 2. The molecule has 0 aliphatic carbocycles. The van der Waals surface area contributed by atoms with Gasteiger partial charge in [0, 0.05) is 0 Å². The van der Waals surface area contributed by atoms with Gasteiger partial charge in [0.2, 0.25) is 0 Å². The Morgan fingerprint density at radius 2 is 1.92 bits per heavy atom. The Hall–Kier alpha value is -2.32. The van der Waals surface area contributed by atoms with Crippen molar-refractivity contribution in [2.24, 2.45) is 0 Å². The van der Waals surface area contributed by atoms with Crippen LogP contribution in [0.3, 0.4) is 0 Å². The molecule has 140 valence electrons. The van der Waals surface area contributed by atoms with E-state index in [9.17, 15) is 14.4 Å². The lowest BCUT2D eigenvalue weighted by molar-refractivity contribution is -0.139. The number of nitrogens with one attached hydrogen (secondary N) is 2. The molecule has 10 heteroatoms. The second-order valence-electron chi connectivity index (χ2n) is 5.21. The monoisotopic (exact) mass is 401 g/mol. The first-order valence-electron chi connectivity index (χ1n) is 7.84. The molecule has 1 aliphatic rings. The van der Waals surface area contributed by atoms with Crippen molar-refractivity contribution in [3.63, 3.8) is 0 Å². The molecule has 2 heterocycles. The standard InChI is InChI=1S/C16H17Cl2N3O5/c1-3-9-12(14(22)25-4-2)10(20-16(24)19-9)7-26-15(23)13-8(17)5-6-11(18)21-13/h5-6,9H,3-4,7H2,1-2H3,(H2,19,20,24). The molecule has 8 nitrogen and oxygen atoms in total. The molecule has 1 aliphatic heterocycles. The number of urea groups is 1. The molecule has 0 fully saturated rings. The van der Waals surface area contributed by atoms with Crippen molar-refractivity contribution < 1.29 is 23.9 Å². The van der Waals surface area contributed by atoms with Crippen LogP contribution in [0.4, 0.5) is 4.79 Å². The van der Waals surface area contributed by atoms with Crippen LogP contribution in [-0.4, -0.2) is 42.2 Å². The van der Waals surface area contributed by atoms with Crippen LogP contribution in [0.25, 0.3) is 0 Å². The summed E-state index contributed by atoms with van der Waals surface area (Å²) in [7, 11) is 0. The minimum Gasteiger partial charge on any atom is -0.463 e. The predicted octanol–water partition coefficient (Wildman–Crippen LogP) is 2.45. The number of amides is 2. The summed E-state index contributed by atoms with van der Waals surface area (Å²) in [5.74, 6) is -1.44. The highest BCUT2D eigenvalue weighted by Gasteiger charge is 2.32. The lowest BCUT2D eigenvalue weighted by atomic mass is 10.0. The number of ether oxygens (including phenoxy) is 2. The summed E-state index contributed by atoms with van der Waals surface area (Å²) in [6, 6.07) is 1.79. The first-order chi connectivity index (χ1) is 12.4. The van der Waals surface area contributed by atoms with E-state index in [1.807, 2.05) is 0 Å². The summed E-state index contributed by atoms with van der Waals surface area (Å²) < 4.78 is 10.2. The molecular formula is C16H17Cl2N3O5. The van der Waals surface area contributed by atoms with Gasteiger partial charge in [-0.3, -0.25) is 0 Å². The van der Waals surface area contributed by atoms with Gasteiger partial charge in [-0.25, -0.2) is 19.4 Å². The molecule has 2 N–H and O–H groups in total. The van der Waals surface area contributed by atoms with E-state index in [0.717, 1.165) is 0 Å². The van der Waals surface area contributed by atoms with E-state index in [1.165, 1.54) is 12.1 Å². The summed E-state index contributed by atoms with van der Waals surface area (Å²) in [5.41, 5.74) is 0.183. The molecule has 0 saturated carbocycles. The molecule has 0 radical (unpaired) electrons. The van der Waals surface area contributed by atoms with E-state index in [-0.39, 0.29) is 40.4 Å². The van der Waals surface area contributed by atoms with E-state index >= 15 is 0 Å². The van der Waals surface area contributed by atoms with E-state index in [1.54, 1.807) is 13.8 Å². The fourth-order valence-electron chi connectivity index (χ4n) is 2.34. The number of esters is 2. The molecule has 1 aromatic rings. The minimum absolute atomic E-state index is 0.0692. The van der Waals surface area contributed by atoms with Gasteiger partial charge in [-0.05, 0) is 25.5 Å². The third-order valence-corrected chi connectivity index (χ3v) is 4.02. The smallest absolute Gasteiger partial charge is 0.358 e. The molecule has 0 aromatic carbocycles. The Labute approximate surface area is 159 Å². The quantitative estimate of drug-likeness (QED) is 0.559. The fraction of sp³-hybridized carbons (Fsp3) is 0.375. The highest BCUT2D eigenvalue weighted by molar-refractivity contribution is 6.34. The van der Waals surface area contributed by atoms with E-state index in [4.69, 9.17) is 32.7 Å². The Morgan fingerprint density at radius 1 is 1.19 bits per heavy atom. The van der Waals surface area contributed by atoms with Crippen LogP contribution < -0.4 is 10.6 Å². The summed E-state index contributed by atoms with van der Waals surface area (Å²) in [6.07, 6.45) is 0.459. The minimum atomic E-state index is -0.839. The average Bonchev–Trinajstić information content (AvgIpc) is 2.61. The maximum atomic E-state index is 12.2. The van der Waals surface area contributed by atoms with Crippen molar-refractivity contribution in [2.45, 2.75) is 26.3 Å². The van der Waals surface area contributed by atoms with Gasteiger partial charge in [0.25, 0.3) is 0 Å². The van der Waals surface area contributed by atoms with Crippen molar-refractivity contribution in [2.75, 3.05) is 13.2 Å². The van der Waals surface area contributed by atoms with Gasteiger partial charge in [0.05, 0.1) is 28.9 Å². The van der Waals surface area contributed by atoms with Crippen LogP contribution in [0.2, 0.25) is 10.2 Å². The van der Waals surface area contributed by atoms with Gasteiger partial charge in [0.15, 0.2) is 5.69 Å². The summed E-state index contributed by atoms with van der Waals surface area (Å²) in [4.78, 5) is 40.0. The SMILES string of the molecule is CCOC(=O)C1=C(COC(=O)c2nc(Cl)ccc2Cl)NC(=O)NC1CC. The number of hydrogen-bond acceptors (Lipinski definition) is 6. The topological polar surface area (TPSA) is 107 Å². The van der Waals surface area contributed by atoms with E-state index in [0.29, 0.717) is 6.42 Å². The zero-order valence-corrected chi connectivity index (χ0v) is 15.6. The molecule has 0 saturated heterocycles. The maximum absolute atomic E-state index is 12.2. The lowest BCUT2D eigenvalue weighted by Gasteiger charge is -2.28. The number of carbonyl (C=O) groups excluding carboxylic acids is 3. The van der Waals surface area contributed by atoms with Gasteiger partial charge >= 0.3 is 18.0 Å². The first-order valence-corrected chi connectivity index (χ1v) is 8.59. The Kier molecular flexibility index (Phi) is 6.82. The number of hydrogen-bond donors (Lipinski definition) is 2. The second kappa shape index (κ2) is 8.86. The highest BCUT2D eigenvalue weighted by atomic mass is 35.5. The third kappa shape index (κ3) is 4.64. The molecule has 26 heavy (non-hydrogen) atoms. The zero-order valence-electron chi connectivity index (χ0n) is 14.1. The van der Waals surface area contributed by atoms with Crippen molar-refractivity contribution in [3.05, 3.63) is 39.3 Å². The lowest BCUT2D eigenvalue weighted by Crippen LogP contribution is -2.51. The first kappa shape index (κ1) is 20.0. The highest BCUT2D eigenvalue weighted by Crippen LogP contribution is 2.20. The number of nitrogens with zero attached hydrogens (tertiary/aromatic N) is 1. The predicted molar refractivity (Wildman–Crippen MR) is 93.9 cm³/mol. The Bertz CT molecular complexity index is 766. The zero-order chi connectivity index (χ0) is 19.3. The van der Waals surface area contributed by atoms with Gasteiger partial charge in [0.1, 0.15) is 11.8 Å². The molecule has 1 aromatic heterocycles. The maximum Gasteiger partial charge on any atom is 0.358 e. The number of carbonyl (C=O) groups is 3. The summed E-state index contributed by atoms with van der Waals surface area (Å²) >= 11 is 11.7. The van der Waals surface area contributed by atoms with Crippen molar-refractivity contribution in [1.82, 2.24) is 15.6 Å². The van der Waals surface area contributed by atoms with Crippen LogP contribution in [0.1, 0.15) is 30.8 Å². The number of pyridine rings is 1. The van der Waals surface area contributed by atoms with Gasteiger partial charge in [-0.1, -0.05) is 30.1 Å². The second-order valence-corrected chi connectivity index (χ2v) is 6.01. The van der Waals surface area contributed by atoms with Gasteiger partial charge < -0.3 is 20.1 Å². The number of rotatable bonds is 6. The Morgan fingerprint density at radius 3 is 2.58 bits per heavy atom. The van der Waals surface area contributed by atoms with Crippen LogP contribution >= 0.6 is 23.2 Å². The molecule has 0 spiro atoms. The normalized spacial score (nSPS) is 16.6. The Balaban J connectivity index is 2.24. The summed E-state index contributed by atoms with van der Waals surface area (Å²) in [5, 5.41) is 5.24. The van der Waals surface area contributed by atoms with Crippen molar-refractivity contribution >= 4 is 41.2 Å². The molecule has 0 bridgehead atoms. The molecule has 2 amide bonds.